The van der Waals surface area contributed by atoms with Crippen LogP contribution in [0.1, 0.15) is 32.1 Å². The highest BCUT2D eigenvalue weighted by Gasteiger charge is 2.42. The van der Waals surface area contributed by atoms with Gasteiger partial charge in [-0.15, -0.1) is 12.4 Å². The third kappa shape index (κ3) is 3.61. The fourth-order valence-corrected chi connectivity index (χ4v) is 4.31. The molecule has 1 aliphatic heterocycles. The van der Waals surface area contributed by atoms with Crippen LogP contribution in [0, 0.1) is 5.41 Å². The van der Waals surface area contributed by atoms with Gasteiger partial charge < -0.3 is 10.6 Å². The van der Waals surface area contributed by atoms with Crippen molar-refractivity contribution in [2.45, 2.75) is 32.1 Å². The molecule has 0 radical (unpaired) electrons. The fraction of sp³-hybridized carbons (Fsp3) is 0.917. The molecular weight excluding hydrogens is 288 g/mol. The van der Waals surface area contributed by atoms with Crippen LogP contribution in [0.4, 0.5) is 0 Å². The van der Waals surface area contributed by atoms with E-state index >= 15 is 0 Å². The second-order valence-corrected chi connectivity index (χ2v) is 7.79. The number of hydrogen-bond acceptors (Lipinski definition) is 4. The van der Waals surface area contributed by atoms with Crippen molar-refractivity contribution in [2.24, 2.45) is 11.1 Å². The topological polar surface area (TPSA) is 80.5 Å². The van der Waals surface area contributed by atoms with E-state index in [1.807, 2.05) is 0 Å². The Kier molecular flexibility index (Phi) is 5.65. The number of rotatable bonds is 2. The molecule has 2 aliphatic rings. The Labute approximate surface area is 121 Å². The Balaban J connectivity index is 0.00000180. The fourth-order valence-electron chi connectivity index (χ4n) is 3.03. The van der Waals surface area contributed by atoms with Crippen LogP contribution >= 0.6 is 12.4 Å². The SMILES string of the molecule is Cl.NCC1(C(=O)N2CCCS(=O)(=O)CC2)CCCC1. The molecule has 0 aromatic rings. The molecule has 5 nitrogen and oxygen atoms in total. The minimum absolute atomic E-state index is 0. The first-order valence-corrected chi connectivity index (χ1v) is 8.51. The van der Waals surface area contributed by atoms with Crippen molar-refractivity contribution < 1.29 is 13.2 Å². The van der Waals surface area contributed by atoms with Crippen molar-refractivity contribution in [3.63, 3.8) is 0 Å². The maximum absolute atomic E-state index is 12.6. The number of nitrogens with zero attached hydrogens (tertiary/aromatic N) is 1. The van der Waals surface area contributed by atoms with Crippen LogP contribution in [-0.4, -0.2) is 50.4 Å². The van der Waals surface area contributed by atoms with Crippen LogP contribution in [0.3, 0.4) is 0 Å². The van der Waals surface area contributed by atoms with Gasteiger partial charge in [-0.05, 0) is 19.3 Å². The van der Waals surface area contributed by atoms with Crippen molar-refractivity contribution in [2.75, 3.05) is 31.1 Å². The first kappa shape index (κ1) is 16.7. The Morgan fingerprint density at radius 1 is 1.11 bits per heavy atom. The van der Waals surface area contributed by atoms with Gasteiger partial charge in [0.25, 0.3) is 0 Å². The minimum Gasteiger partial charge on any atom is -0.341 e. The summed E-state index contributed by atoms with van der Waals surface area (Å²) >= 11 is 0. The van der Waals surface area contributed by atoms with Gasteiger partial charge >= 0.3 is 0 Å². The van der Waals surface area contributed by atoms with Crippen LogP contribution < -0.4 is 5.73 Å². The second kappa shape index (κ2) is 6.41. The lowest BCUT2D eigenvalue weighted by Crippen LogP contribution is -2.47. The number of nitrogens with two attached hydrogens (primary N) is 1. The van der Waals surface area contributed by atoms with Crippen molar-refractivity contribution in [1.82, 2.24) is 4.90 Å². The summed E-state index contributed by atoms with van der Waals surface area (Å²) in [4.78, 5) is 14.3. The first-order chi connectivity index (χ1) is 8.49. The van der Waals surface area contributed by atoms with Gasteiger partial charge in [0.2, 0.25) is 5.91 Å². The zero-order valence-corrected chi connectivity index (χ0v) is 12.8. The highest BCUT2D eigenvalue weighted by Crippen LogP contribution is 2.39. The first-order valence-electron chi connectivity index (χ1n) is 6.69. The maximum atomic E-state index is 12.6. The van der Waals surface area contributed by atoms with Gasteiger partial charge in [0.15, 0.2) is 9.84 Å². The highest BCUT2D eigenvalue weighted by atomic mass is 35.5. The van der Waals surface area contributed by atoms with Crippen molar-refractivity contribution in [3.8, 4) is 0 Å². The van der Waals surface area contributed by atoms with E-state index in [9.17, 15) is 13.2 Å². The van der Waals surface area contributed by atoms with Gasteiger partial charge in [-0.1, -0.05) is 12.8 Å². The largest absolute Gasteiger partial charge is 0.341 e. The van der Waals surface area contributed by atoms with Gasteiger partial charge in [-0.3, -0.25) is 4.79 Å². The summed E-state index contributed by atoms with van der Waals surface area (Å²) in [6.07, 6.45) is 4.36. The van der Waals surface area contributed by atoms with E-state index < -0.39 is 15.3 Å². The lowest BCUT2D eigenvalue weighted by atomic mass is 9.84. The van der Waals surface area contributed by atoms with E-state index in [0.717, 1.165) is 25.7 Å². The normalized spacial score (nSPS) is 25.4. The molecule has 1 heterocycles. The van der Waals surface area contributed by atoms with E-state index in [2.05, 4.69) is 0 Å². The molecule has 19 heavy (non-hydrogen) atoms. The van der Waals surface area contributed by atoms with Gasteiger partial charge in [0.1, 0.15) is 0 Å². The number of halogens is 1. The zero-order chi connectivity index (χ0) is 13.2. The number of amides is 1. The molecule has 2 N–H and O–H groups in total. The summed E-state index contributed by atoms with van der Waals surface area (Å²) < 4.78 is 23.1. The minimum atomic E-state index is -2.96. The van der Waals surface area contributed by atoms with Gasteiger partial charge in [-0.2, -0.15) is 0 Å². The van der Waals surface area contributed by atoms with Gasteiger partial charge in [0, 0.05) is 19.6 Å². The van der Waals surface area contributed by atoms with Crippen molar-refractivity contribution >= 4 is 28.2 Å². The summed E-state index contributed by atoms with van der Waals surface area (Å²) in [5.41, 5.74) is 5.39. The predicted molar refractivity (Wildman–Crippen MR) is 77.1 cm³/mol. The summed E-state index contributed by atoms with van der Waals surface area (Å²) in [5.74, 6) is 0.380. The second-order valence-electron chi connectivity index (χ2n) is 5.49. The molecule has 1 saturated heterocycles. The molecule has 7 heteroatoms. The predicted octanol–water partition coefficient (Wildman–Crippen LogP) is 0.574. The van der Waals surface area contributed by atoms with E-state index in [1.165, 1.54) is 0 Å². The van der Waals surface area contributed by atoms with E-state index in [1.54, 1.807) is 4.90 Å². The Morgan fingerprint density at radius 2 is 1.74 bits per heavy atom. The zero-order valence-electron chi connectivity index (χ0n) is 11.1. The number of carbonyl (C=O) groups is 1. The summed E-state index contributed by atoms with van der Waals surface area (Å²) in [6.45, 7) is 1.28. The van der Waals surface area contributed by atoms with Crippen molar-refractivity contribution in [1.29, 1.82) is 0 Å². The maximum Gasteiger partial charge on any atom is 0.230 e. The smallest absolute Gasteiger partial charge is 0.230 e. The third-order valence-electron chi connectivity index (χ3n) is 4.25. The molecule has 0 aromatic heterocycles. The van der Waals surface area contributed by atoms with Gasteiger partial charge in [0.05, 0.1) is 16.9 Å². The molecule has 0 bridgehead atoms. The van der Waals surface area contributed by atoms with Crippen LogP contribution in [0.2, 0.25) is 0 Å². The van der Waals surface area contributed by atoms with E-state index in [0.29, 0.717) is 26.1 Å². The molecular formula is C12H23ClN2O3S. The highest BCUT2D eigenvalue weighted by molar-refractivity contribution is 7.91. The standard InChI is InChI=1S/C12H22N2O3S.ClH/c13-10-12(4-1-2-5-12)11(15)14-6-3-8-18(16,17)9-7-14;/h1-10,13H2;1H. The molecule has 2 fully saturated rings. The molecule has 0 aromatic carbocycles. The summed E-state index contributed by atoms with van der Waals surface area (Å²) in [7, 11) is -2.96. The number of carbonyl (C=O) groups excluding carboxylic acids is 1. The molecule has 0 unspecified atom stereocenters. The Bertz CT molecular complexity index is 419. The third-order valence-corrected chi connectivity index (χ3v) is 5.96. The van der Waals surface area contributed by atoms with Gasteiger partial charge in [-0.25, -0.2) is 8.42 Å². The number of sulfone groups is 1. The number of hydrogen-bond donors (Lipinski definition) is 1. The average Bonchev–Trinajstić information content (AvgIpc) is 2.75. The van der Waals surface area contributed by atoms with E-state index in [-0.39, 0.29) is 29.8 Å². The van der Waals surface area contributed by atoms with Crippen LogP contribution in [0.5, 0.6) is 0 Å². The molecule has 112 valence electrons. The monoisotopic (exact) mass is 310 g/mol. The van der Waals surface area contributed by atoms with Crippen molar-refractivity contribution in [3.05, 3.63) is 0 Å². The Hall–Kier alpha value is -0.330. The Morgan fingerprint density at radius 3 is 2.32 bits per heavy atom. The lowest BCUT2D eigenvalue weighted by molar-refractivity contribution is -0.141. The van der Waals surface area contributed by atoms with Crippen LogP contribution in [0.15, 0.2) is 0 Å². The molecule has 2 rings (SSSR count). The molecule has 1 saturated carbocycles. The average molecular weight is 311 g/mol. The van der Waals surface area contributed by atoms with Crippen LogP contribution in [-0.2, 0) is 14.6 Å². The summed E-state index contributed by atoms with van der Waals surface area (Å²) in [5, 5.41) is 0. The van der Waals surface area contributed by atoms with Crippen LogP contribution in [0.25, 0.3) is 0 Å². The molecule has 0 spiro atoms. The quantitative estimate of drug-likeness (QED) is 0.809. The molecule has 1 amide bonds. The van der Waals surface area contributed by atoms with E-state index in [4.69, 9.17) is 5.73 Å². The lowest BCUT2D eigenvalue weighted by Gasteiger charge is -2.32. The molecule has 1 aliphatic carbocycles. The molecule has 0 atom stereocenters. The summed E-state index contributed by atoms with van der Waals surface area (Å²) in [6, 6.07) is 0.